The van der Waals surface area contributed by atoms with Crippen LogP contribution in [0.15, 0.2) is 0 Å². The van der Waals surface area contributed by atoms with Crippen LogP contribution in [0, 0.1) is 0 Å². The van der Waals surface area contributed by atoms with Crippen molar-refractivity contribution < 1.29 is 15.0 Å². The highest BCUT2D eigenvalue weighted by atomic mass is 32.2. The van der Waals surface area contributed by atoms with Crippen molar-refractivity contribution in [3.8, 4) is 0 Å². The van der Waals surface area contributed by atoms with Gasteiger partial charge < -0.3 is 10.2 Å². The van der Waals surface area contributed by atoms with E-state index in [0.717, 1.165) is 12.3 Å². The third-order valence-corrected chi connectivity index (χ3v) is 4.21. The van der Waals surface area contributed by atoms with Crippen LogP contribution in [0.25, 0.3) is 0 Å². The van der Waals surface area contributed by atoms with Gasteiger partial charge in [-0.1, -0.05) is 6.92 Å². The molecule has 0 spiro atoms. The number of rotatable bonds is 4. The first kappa shape index (κ1) is 12.8. The third kappa shape index (κ3) is 4.01. The molecular formula is C10H19NO3S. The predicted octanol–water partition coefficient (Wildman–Crippen LogP) is 0.648. The van der Waals surface area contributed by atoms with Gasteiger partial charge >= 0.3 is 5.97 Å². The van der Waals surface area contributed by atoms with E-state index in [2.05, 4.69) is 18.7 Å². The quantitative estimate of drug-likeness (QED) is 0.746. The molecule has 0 bridgehead atoms. The van der Waals surface area contributed by atoms with Crippen LogP contribution in [0.1, 0.15) is 20.3 Å². The van der Waals surface area contributed by atoms with Crippen molar-refractivity contribution in [2.24, 2.45) is 0 Å². The van der Waals surface area contributed by atoms with Crippen LogP contribution >= 0.6 is 11.8 Å². The smallest absolute Gasteiger partial charge is 0.306 e. The Kier molecular flexibility index (Phi) is 4.89. The fourth-order valence-electron chi connectivity index (χ4n) is 1.79. The van der Waals surface area contributed by atoms with Gasteiger partial charge in [0, 0.05) is 30.1 Å². The van der Waals surface area contributed by atoms with Gasteiger partial charge in [-0.25, -0.2) is 0 Å². The largest absolute Gasteiger partial charge is 0.481 e. The zero-order valence-corrected chi connectivity index (χ0v) is 10.0. The van der Waals surface area contributed by atoms with E-state index in [1.807, 2.05) is 11.8 Å². The van der Waals surface area contributed by atoms with Gasteiger partial charge in [0.15, 0.2) is 0 Å². The summed E-state index contributed by atoms with van der Waals surface area (Å²) in [6, 6.07) is 0.409. The van der Waals surface area contributed by atoms with E-state index in [9.17, 15) is 9.90 Å². The molecule has 4 nitrogen and oxygen atoms in total. The second kappa shape index (κ2) is 5.72. The number of hydrogen-bond donors (Lipinski definition) is 2. The first-order valence-corrected chi connectivity index (χ1v) is 6.31. The molecule has 0 aromatic carbocycles. The number of nitrogens with zero attached hydrogens (tertiary/aromatic N) is 1. The Morgan fingerprint density at radius 3 is 2.87 bits per heavy atom. The Morgan fingerprint density at radius 1 is 1.60 bits per heavy atom. The lowest BCUT2D eigenvalue weighted by atomic mass is 10.1. The lowest BCUT2D eigenvalue weighted by Crippen LogP contribution is -2.48. The van der Waals surface area contributed by atoms with Crippen LogP contribution in [0.3, 0.4) is 0 Å². The number of aliphatic hydroxyl groups excluding tert-OH is 1. The molecule has 0 saturated carbocycles. The minimum Gasteiger partial charge on any atom is -0.481 e. The summed E-state index contributed by atoms with van der Waals surface area (Å²) in [6.07, 6.45) is -0.912. The maximum atomic E-state index is 10.4. The highest BCUT2D eigenvalue weighted by Crippen LogP contribution is 2.24. The molecule has 15 heavy (non-hydrogen) atoms. The van der Waals surface area contributed by atoms with Crippen molar-refractivity contribution in [3.05, 3.63) is 0 Å². The molecule has 1 aliphatic heterocycles. The number of aliphatic carboxylic acids is 1. The summed E-state index contributed by atoms with van der Waals surface area (Å²) in [7, 11) is 0. The van der Waals surface area contributed by atoms with E-state index in [1.54, 1.807) is 0 Å². The normalized spacial score (nSPS) is 30.1. The molecule has 0 aromatic heterocycles. The van der Waals surface area contributed by atoms with Gasteiger partial charge in [-0.2, -0.15) is 11.8 Å². The van der Waals surface area contributed by atoms with Gasteiger partial charge in [0.25, 0.3) is 0 Å². The standard InChI is InChI=1S/C10H19NO3S/c1-7-8(2)15-4-3-11(7)6-9(12)5-10(13)14/h7-9,12H,3-6H2,1-2H3,(H,13,14). The summed E-state index contributed by atoms with van der Waals surface area (Å²) in [4.78, 5) is 12.6. The number of carboxylic acids is 1. The summed E-state index contributed by atoms with van der Waals surface area (Å²) in [5.74, 6) is 0.125. The van der Waals surface area contributed by atoms with Crippen molar-refractivity contribution in [2.45, 2.75) is 37.7 Å². The molecule has 0 radical (unpaired) electrons. The van der Waals surface area contributed by atoms with Crippen molar-refractivity contribution in [2.75, 3.05) is 18.8 Å². The second-order valence-electron chi connectivity index (χ2n) is 4.06. The predicted molar refractivity (Wildman–Crippen MR) is 61.2 cm³/mol. The molecule has 3 atom stereocenters. The topological polar surface area (TPSA) is 60.8 Å². The number of aliphatic hydroxyl groups is 1. The zero-order valence-electron chi connectivity index (χ0n) is 9.22. The van der Waals surface area contributed by atoms with Crippen LogP contribution in [-0.2, 0) is 4.79 Å². The van der Waals surface area contributed by atoms with Crippen molar-refractivity contribution in [3.63, 3.8) is 0 Å². The molecular weight excluding hydrogens is 214 g/mol. The lowest BCUT2D eigenvalue weighted by Gasteiger charge is -2.38. The average Bonchev–Trinajstić information content (AvgIpc) is 2.11. The third-order valence-electron chi connectivity index (χ3n) is 2.87. The molecule has 1 saturated heterocycles. The van der Waals surface area contributed by atoms with Gasteiger partial charge in [0.05, 0.1) is 12.5 Å². The van der Waals surface area contributed by atoms with E-state index in [1.165, 1.54) is 0 Å². The molecule has 1 aliphatic rings. The Bertz CT molecular complexity index is 225. The Labute approximate surface area is 94.7 Å². The Morgan fingerprint density at radius 2 is 2.27 bits per heavy atom. The van der Waals surface area contributed by atoms with Crippen LogP contribution in [0.4, 0.5) is 0 Å². The van der Waals surface area contributed by atoms with Crippen molar-refractivity contribution >= 4 is 17.7 Å². The van der Waals surface area contributed by atoms with Crippen molar-refractivity contribution in [1.29, 1.82) is 0 Å². The summed E-state index contributed by atoms with van der Waals surface area (Å²) >= 11 is 1.93. The summed E-state index contributed by atoms with van der Waals surface area (Å²) in [5, 5.41) is 18.6. The van der Waals surface area contributed by atoms with E-state index >= 15 is 0 Å². The van der Waals surface area contributed by atoms with Crippen LogP contribution in [0.5, 0.6) is 0 Å². The molecule has 0 amide bonds. The molecule has 1 fully saturated rings. The molecule has 0 aliphatic carbocycles. The van der Waals surface area contributed by atoms with Gasteiger partial charge in [0.1, 0.15) is 0 Å². The van der Waals surface area contributed by atoms with E-state index < -0.39 is 12.1 Å². The first-order chi connectivity index (χ1) is 7.00. The van der Waals surface area contributed by atoms with Gasteiger partial charge in [0.2, 0.25) is 0 Å². The molecule has 3 unspecified atom stereocenters. The summed E-state index contributed by atoms with van der Waals surface area (Å²) in [5.41, 5.74) is 0. The number of carbonyl (C=O) groups is 1. The second-order valence-corrected chi connectivity index (χ2v) is 5.55. The molecule has 5 heteroatoms. The molecule has 1 heterocycles. The SMILES string of the molecule is CC1SCCN(CC(O)CC(=O)O)C1C. The van der Waals surface area contributed by atoms with Crippen LogP contribution in [0.2, 0.25) is 0 Å². The number of carboxylic acid groups (broad SMARTS) is 1. The minimum absolute atomic E-state index is 0.162. The minimum atomic E-state index is -0.936. The molecule has 88 valence electrons. The highest BCUT2D eigenvalue weighted by Gasteiger charge is 2.26. The van der Waals surface area contributed by atoms with Crippen LogP contribution < -0.4 is 0 Å². The molecule has 0 aromatic rings. The molecule has 2 N–H and O–H groups in total. The Hall–Kier alpha value is -0.260. The number of β-amino-alcohol motifs (C(OH)–C–C–N with tert-alkyl or cyclic N) is 1. The Balaban J connectivity index is 2.39. The highest BCUT2D eigenvalue weighted by molar-refractivity contribution is 8.00. The molecule has 1 rings (SSSR count). The maximum Gasteiger partial charge on any atom is 0.306 e. The monoisotopic (exact) mass is 233 g/mol. The number of thioether (sulfide) groups is 1. The van der Waals surface area contributed by atoms with Gasteiger partial charge in [-0.15, -0.1) is 0 Å². The van der Waals surface area contributed by atoms with E-state index in [4.69, 9.17) is 5.11 Å². The van der Waals surface area contributed by atoms with Crippen LogP contribution in [-0.4, -0.2) is 57.3 Å². The van der Waals surface area contributed by atoms with E-state index in [0.29, 0.717) is 17.8 Å². The average molecular weight is 233 g/mol. The van der Waals surface area contributed by atoms with E-state index in [-0.39, 0.29) is 6.42 Å². The van der Waals surface area contributed by atoms with Gasteiger partial charge in [-0.05, 0) is 6.92 Å². The zero-order chi connectivity index (χ0) is 11.4. The fourth-order valence-corrected chi connectivity index (χ4v) is 2.95. The fraction of sp³-hybridized carbons (Fsp3) is 0.900. The maximum absolute atomic E-state index is 10.4. The summed E-state index contributed by atoms with van der Waals surface area (Å²) in [6.45, 7) is 5.71. The number of hydrogen-bond acceptors (Lipinski definition) is 4. The lowest BCUT2D eigenvalue weighted by molar-refractivity contribution is -0.139. The first-order valence-electron chi connectivity index (χ1n) is 5.26. The van der Waals surface area contributed by atoms with Crippen molar-refractivity contribution in [1.82, 2.24) is 4.90 Å². The summed E-state index contributed by atoms with van der Waals surface area (Å²) < 4.78 is 0. The van der Waals surface area contributed by atoms with Gasteiger partial charge in [-0.3, -0.25) is 9.69 Å².